The number of nitrogen functional groups attached to an aromatic ring is 1. The fraction of sp³-hybridized carbons (Fsp3) is 0.375. The third kappa shape index (κ3) is 2.11. The summed E-state index contributed by atoms with van der Waals surface area (Å²) in [7, 11) is 0. The van der Waals surface area contributed by atoms with Crippen molar-refractivity contribution in [3.63, 3.8) is 0 Å². The minimum atomic E-state index is 0.0935. The highest BCUT2D eigenvalue weighted by Gasteiger charge is 2.24. The van der Waals surface area contributed by atoms with E-state index in [1.807, 2.05) is 18.2 Å². The first-order valence-corrected chi connectivity index (χ1v) is 7.17. The summed E-state index contributed by atoms with van der Waals surface area (Å²) in [5.74, 6) is 0.0935. The lowest BCUT2D eigenvalue weighted by Gasteiger charge is -2.37. The first kappa shape index (κ1) is 12.9. The van der Waals surface area contributed by atoms with Crippen molar-refractivity contribution >= 4 is 22.4 Å². The SMILES string of the molecule is CC1CCCCN1c1c(C(=N)N)cnc2ccccc12. The van der Waals surface area contributed by atoms with Gasteiger partial charge in [-0.1, -0.05) is 18.2 Å². The summed E-state index contributed by atoms with van der Waals surface area (Å²) >= 11 is 0. The second kappa shape index (κ2) is 5.12. The Bertz CT molecular complexity index is 650. The third-order valence-corrected chi connectivity index (χ3v) is 4.13. The molecule has 0 spiro atoms. The molecule has 3 rings (SSSR count). The summed E-state index contributed by atoms with van der Waals surface area (Å²) in [6.07, 6.45) is 5.39. The van der Waals surface area contributed by atoms with E-state index in [-0.39, 0.29) is 5.84 Å². The van der Waals surface area contributed by atoms with Crippen molar-refractivity contribution < 1.29 is 0 Å². The molecule has 0 saturated carbocycles. The summed E-state index contributed by atoms with van der Waals surface area (Å²) in [4.78, 5) is 6.83. The quantitative estimate of drug-likeness (QED) is 0.650. The van der Waals surface area contributed by atoms with Gasteiger partial charge in [-0.2, -0.15) is 0 Å². The van der Waals surface area contributed by atoms with Crippen molar-refractivity contribution in [3.05, 3.63) is 36.0 Å². The van der Waals surface area contributed by atoms with Gasteiger partial charge in [0.25, 0.3) is 0 Å². The van der Waals surface area contributed by atoms with E-state index < -0.39 is 0 Å². The summed E-state index contributed by atoms with van der Waals surface area (Å²) in [6.45, 7) is 3.27. The highest BCUT2D eigenvalue weighted by Crippen LogP contribution is 2.33. The van der Waals surface area contributed by atoms with E-state index in [0.29, 0.717) is 6.04 Å². The number of fused-ring (bicyclic) bond motifs is 1. The lowest BCUT2D eigenvalue weighted by atomic mass is 9.99. The Morgan fingerprint density at radius 2 is 2.15 bits per heavy atom. The number of pyridine rings is 1. The van der Waals surface area contributed by atoms with Gasteiger partial charge >= 0.3 is 0 Å². The number of nitrogens with one attached hydrogen (secondary N) is 1. The van der Waals surface area contributed by atoms with Crippen molar-refractivity contribution in [2.75, 3.05) is 11.4 Å². The molecule has 2 heterocycles. The van der Waals surface area contributed by atoms with Crippen LogP contribution in [-0.4, -0.2) is 23.4 Å². The van der Waals surface area contributed by atoms with E-state index in [1.165, 1.54) is 19.3 Å². The van der Waals surface area contributed by atoms with Crippen LogP contribution in [0.15, 0.2) is 30.5 Å². The van der Waals surface area contributed by atoms with Gasteiger partial charge in [0.05, 0.1) is 16.8 Å². The molecule has 1 fully saturated rings. The number of hydrogen-bond acceptors (Lipinski definition) is 3. The molecule has 1 unspecified atom stereocenters. The number of aromatic nitrogens is 1. The molecule has 1 atom stereocenters. The molecular formula is C16H20N4. The zero-order valence-corrected chi connectivity index (χ0v) is 11.8. The second-order valence-corrected chi connectivity index (χ2v) is 5.49. The van der Waals surface area contributed by atoms with E-state index in [1.54, 1.807) is 6.20 Å². The van der Waals surface area contributed by atoms with Gasteiger partial charge in [-0.3, -0.25) is 10.4 Å². The molecule has 20 heavy (non-hydrogen) atoms. The molecule has 104 valence electrons. The van der Waals surface area contributed by atoms with Crippen molar-refractivity contribution in [2.24, 2.45) is 5.73 Å². The van der Waals surface area contributed by atoms with E-state index >= 15 is 0 Å². The molecule has 4 heteroatoms. The van der Waals surface area contributed by atoms with Gasteiger partial charge in [0.15, 0.2) is 0 Å². The van der Waals surface area contributed by atoms with Crippen LogP contribution in [-0.2, 0) is 0 Å². The first-order valence-electron chi connectivity index (χ1n) is 7.17. The summed E-state index contributed by atoms with van der Waals surface area (Å²) in [5, 5.41) is 8.94. The molecule has 1 saturated heterocycles. The normalized spacial score (nSPS) is 19.2. The predicted octanol–water partition coefficient (Wildman–Crippen LogP) is 2.90. The Balaban J connectivity index is 2.24. The first-order chi connectivity index (χ1) is 9.68. The molecule has 1 aliphatic heterocycles. The lowest BCUT2D eigenvalue weighted by molar-refractivity contribution is 0.485. The molecule has 1 aromatic heterocycles. The summed E-state index contributed by atoms with van der Waals surface area (Å²) in [6, 6.07) is 8.58. The van der Waals surface area contributed by atoms with Gasteiger partial charge in [0.1, 0.15) is 5.84 Å². The van der Waals surface area contributed by atoms with Crippen LogP contribution in [0, 0.1) is 5.41 Å². The maximum Gasteiger partial charge on any atom is 0.126 e. The Morgan fingerprint density at radius 3 is 2.90 bits per heavy atom. The zero-order chi connectivity index (χ0) is 14.1. The van der Waals surface area contributed by atoms with Gasteiger partial charge in [-0.05, 0) is 32.3 Å². The summed E-state index contributed by atoms with van der Waals surface area (Å²) in [5.41, 5.74) is 8.56. The van der Waals surface area contributed by atoms with E-state index in [2.05, 4.69) is 22.9 Å². The zero-order valence-electron chi connectivity index (χ0n) is 11.8. The summed E-state index contributed by atoms with van der Waals surface area (Å²) < 4.78 is 0. The average molecular weight is 268 g/mol. The predicted molar refractivity (Wildman–Crippen MR) is 83.4 cm³/mol. The Labute approximate surface area is 119 Å². The highest BCUT2D eigenvalue weighted by molar-refractivity contribution is 6.07. The van der Waals surface area contributed by atoms with Crippen molar-refractivity contribution in [1.82, 2.24) is 4.98 Å². The van der Waals surface area contributed by atoms with Crippen LogP contribution in [0.1, 0.15) is 31.7 Å². The molecule has 0 aliphatic carbocycles. The standard InChI is InChI=1S/C16H20N4/c1-11-6-4-5-9-20(11)15-12-7-2-3-8-14(12)19-10-13(15)16(17)18/h2-3,7-8,10-11H,4-6,9H2,1H3,(H3,17,18). The topological polar surface area (TPSA) is 66.0 Å². The van der Waals surface area contributed by atoms with Crippen LogP contribution in [0.5, 0.6) is 0 Å². The number of amidine groups is 1. The lowest BCUT2D eigenvalue weighted by Crippen LogP contribution is -2.39. The Hall–Kier alpha value is -2.10. The number of rotatable bonds is 2. The maximum atomic E-state index is 7.85. The Kier molecular flexibility index (Phi) is 3.30. The molecule has 4 nitrogen and oxygen atoms in total. The van der Waals surface area contributed by atoms with Gasteiger partial charge < -0.3 is 10.6 Å². The van der Waals surface area contributed by atoms with Crippen LogP contribution in [0.3, 0.4) is 0 Å². The van der Waals surface area contributed by atoms with Crippen LogP contribution < -0.4 is 10.6 Å². The van der Waals surface area contributed by atoms with Crippen LogP contribution in [0.4, 0.5) is 5.69 Å². The van der Waals surface area contributed by atoms with Crippen LogP contribution in [0.25, 0.3) is 10.9 Å². The molecule has 3 N–H and O–H groups in total. The molecular weight excluding hydrogens is 248 g/mol. The second-order valence-electron chi connectivity index (χ2n) is 5.49. The minimum Gasteiger partial charge on any atom is -0.384 e. The fourth-order valence-electron chi connectivity index (χ4n) is 3.06. The molecule has 1 aromatic carbocycles. The van der Waals surface area contributed by atoms with Crippen molar-refractivity contribution in [2.45, 2.75) is 32.2 Å². The maximum absolute atomic E-state index is 7.85. The molecule has 0 bridgehead atoms. The number of nitrogens with zero attached hydrogens (tertiary/aromatic N) is 2. The molecule has 2 aromatic rings. The largest absolute Gasteiger partial charge is 0.384 e. The Morgan fingerprint density at radius 1 is 1.35 bits per heavy atom. The smallest absolute Gasteiger partial charge is 0.126 e. The van der Waals surface area contributed by atoms with E-state index in [9.17, 15) is 0 Å². The highest BCUT2D eigenvalue weighted by atomic mass is 15.2. The van der Waals surface area contributed by atoms with Crippen LogP contribution >= 0.6 is 0 Å². The number of hydrogen-bond donors (Lipinski definition) is 2. The third-order valence-electron chi connectivity index (χ3n) is 4.13. The van der Waals surface area contributed by atoms with E-state index in [0.717, 1.165) is 28.7 Å². The number of para-hydroxylation sites is 1. The van der Waals surface area contributed by atoms with Gasteiger partial charge in [0, 0.05) is 24.2 Å². The van der Waals surface area contributed by atoms with Crippen LogP contribution in [0.2, 0.25) is 0 Å². The molecule has 0 amide bonds. The van der Waals surface area contributed by atoms with Gasteiger partial charge in [-0.15, -0.1) is 0 Å². The monoisotopic (exact) mass is 268 g/mol. The minimum absolute atomic E-state index is 0.0935. The fourth-order valence-corrected chi connectivity index (χ4v) is 3.06. The van der Waals surface area contributed by atoms with Crippen molar-refractivity contribution in [3.8, 4) is 0 Å². The van der Waals surface area contributed by atoms with E-state index in [4.69, 9.17) is 11.1 Å². The average Bonchev–Trinajstić information content (AvgIpc) is 2.46. The molecule has 1 aliphatic rings. The number of piperidine rings is 1. The number of benzene rings is 1. The van der Waals surface area contributed by atoms with Crippen molar-refractivity contribution in [1.29, 1.82) is 5.41 Å². The number of anilines is 1. The molecule has 0 radical (unpaired) electrons. The van der Waals surface area contributed by atoms with Gasteiger partial charge in [0.2, 0.25) is 0 Å². The van der Waals surface area contributed by atoms with Gasteiger partial charge in [-0.25, -0.2) is 0 Å². The number of nitrogens with two attached hydrogens (primary N) is 1.